The lowest BCUT2D eigenvalue weighted by Gasteiger charge is -2.11. The van der Waals surface area contributed by atoms with Crippen molar-refractivity contribution < 1.29 is 33.8 Å². The van der Waals surface area contributed by atoms with Gasteiger partial charge in [-0.3, -0.25) is 9.59 Å². The van der Waals surface area contributed by atoms with Gasteiger partial charge in [0.15, 0.2) is 12.2 Å². The van der Waals surface area contributed by atoms with E-state index in [1.165, 1.54) is 0 Å². The summed E-state index contributed by atoms with van der Waals surface area (Å²) in [7, 11) is 0. The molecule has 4 N–H and O–H groups in total. The second-order valence-electron chi connectivity index (χ2n) is 3.80. The molecule has 0 bridgehead atoms. The van der Waals surface area contributed by atoms with Crippen LogP contribution in [0.1, 0.15) is 13.3 Å². The molecule has 1 aliphatic rings. The number of carboxylic acids is 1. The van der Waals surface area contributed by atoms with Crippen molar-refractivity contribution in [3.05, 3.63) is 0 Å². The van der Waals surface area contributed by atoms with E-state index in [2.05, 4.69) is 10.1 Å². The highest BCUT2D eigenvalue weighted by molar-refractivity contribution is 5.95. The molecule has 2 unspecified atom stereocenters. The first-order chi connectivity index (χ1) is 8.86. The summed E-state index contributed by atoms with van der Waals surface area (Å²) in [5.41, 5.74) is 4.85. The standard InChI is InChI=1S/C10H14N2O7/c1-2-18-10(17)7-6(19-7)8(14)12-4(9(15)16)3-5(11)13/h4,6-7H,2-3H2,1H3,(H2,11,13)(H,12,14)(H,15,16)/t4-,6?,7?/m0/s1. The van der Waals surface area contributed by atoms with Crippen LogP contribution >= 0.6 is 0 Å². The van der Waals surface area contributed by atoms with Crippen LogP contribution in [0.15, 0.2) is 0 Å². The number of nitrogens with two attached hydrogens (primary N) is 1. The lowest BCUT2D eigenvalue weighted by Crippen LogP contribution is -2.45. The van der Waals surface area contributed by atoms with Gasteiger partial charge in [-0.1, -0.05) is 0 Å². The summed E-state index contributed by atoms with van der Waals surface area (Å²) < 4.78 is 9.41. The van der Waals surface area contributed by atoms with E-state index in [0.717, 1.165) is 0 Å². The minimum atomic E-state index is -1.45. The van der Waals surface area contributed by atoms with Gasteiger partial charge in [0.2, 0.25) is 5.91 Å². The molecule has 1 aliphatic heterocycles. The van der Waals surface area contributed by atoms with Gasteiger partial charge in [0.25, 0.3) is 5.91 Å². The number of carbonyl (C=O) groups is 4. The first-order valence-corrected chi connectivity index (χ1v) is 5.50. The highest BCUT2D eigenvalue weighted by atomic mass is 16.6. The van der Waals surface area contributed by atoms with E-state index in [0.29, 0.717) is 0 Å². The maximum atomic E-state index is 11.6. The van der Waals surface area contributed by atoms with Crippen LogP contribution in [-0.2, 0) is 28.7 Å². The summed E-state index contributed by atoms with van der Waals surface area (Å²) in [5, 5.41) is 10.8. The molecule has 0 aliphatic carbocycles. The van der Waals surface area contributed by atoms with Crippen LogP contribution in [0.5, 0.6) is 0 Å². The van der Waals surface area contributed by atoms with E-state index in [4.69, 9.17) is 15.6 Å². The molecule has 0 aromatic rings. The molecule has 0 radical (unpaired) electrons. The molecule has 1 heterocycles. The number of nitrogens with one attached hydrogen (secondary N) is 1. The molecule has 106 valence electrons. The molecule has 0 saturated carbocycles. The van der Waals surface area contributed by atoms with Crippen LogP contribution < -0.4 is 11.1 Å². The lowest BCUT2D eigenvalue weighted by molar-refractivity contribution is -0.144. The Balaban J connectivity index is 2.49. The Kier molecular flexibility index (Phi) is 4.81. The second-order valence-corrected chi connectivity index (χ2v) is 3.80. The Labute approximate surface area is 108 Å². The monoisotopic (exact) mass is 274 g/mol. The molecular weight excluding hydrogens is 260 g/mol. The highest BCUT2D eigenvalue weighted by Crippen LogP contribution is 2.23. The van der Waals surface area contributed by atoms with Gasteiger partial charge < -0.3 is 25.6 Å². The molecule has 2 amide bonds. The van der Waals surface area contributed by atoms with Crippen LogP contribution in [0.2, 0.25) is 0 Å². The maximum absolute atomic E-state index is 11.6. The van der Waals surface area contributed by atoms with Gasteiger partial charge in [0.05, 0.1) is 13.0 Å². The van der Waals surface area contributed by atoms with Crippen molar-refractivity contribution >= 4 is 23.8 Å². The minimum absolute atomic E-state index is 0.145. The van der Waals surface area contributed by atoms with Crippen molar-refractivity contribution in [2.24, 2.45) is 5.73 Å². The third kappa shape index (κ3) is 4.21. The summed E-state index contributed by atoms with van der Waals surface area (Å²) in [4.78, 5) is 44.2. The predicted octanol–water partition coefficient (Wildman–Crippen LogP) is -2.24. The van der Waals surface area contributed by atoms with E-state index >= 15 is 0 Å². The van der Waals surface area contributed by atoms with Crippen molar-refractivity contribution in [3.63, 3.8) is 0 Å². The van der Waals surface area contributed by atoms with Crippen LogP contribution in [0.4, 0.5) is 0 Å². The zero-order chi connectivity index (χ0) is 14.6. The molecule has 19 heavy (non-hydrogen) atoms. The number of hydrogen-bond donors (Lipinski definition) is 3. The zero-order valence-electron chi connectivity index (χ0n) is 10.1. The van der Waals surface area contributed by atoms with Gasteiger partial charge in [0.1, 0.15) is 6.04 Å². The first-order valence-electron chi connectivity index (χ1n) is 5.50. The number of aliphatic carboxylic acids is 1. The number of esters is 1. The largest absolute Gasteiger partial charge is 0.480 e. The highest BCUT2D eigenvalue weighted by Gasteiger charge is 2.52. The number of ether oxygens (including phenoxy) is 2. The molecule has 1 rings (SSSR count). The molecular formula is C10H14N2O7. The van der Waals surface area contributed by atoms with Crippen LogP contribution in [0.3, 0.4) is 0 Å². The number of rotatable bonds is 7. The summed E-state index contributed by atoms with van der Waals surface area (Å²) >= 11 is 0. The zero-order valence-corrected chi connectivity index (χ0v) is 10.1. The molecule has 1 saturated heterocycles. The average Bonchev–Trinajstić information content (AvgIpc) is 3.07. The number of carboxylic acid groups (broad SMARTS) is 1. The van der Waals surface area contributed by atoms with Crippen LogP contribution in [-0.4, -0.2) is 53.7 Å². The maximum Gasteiger partial charge on any atom is 0.338 e. The molecule has 0 spiro atoms. The third-order valence-electron chi connectivity index (χ3n) is 2.29. The fraction of sp³-hybridized carbons (Fsp3) is 0.600. The average molecular weight is 274 g/mol. The Morgan fingerprint density at radius 1 is 1.37 bits per heavy atom. The fourth-order valence-electron chi connectivity index (χ4n) is 1.37. The van der Waals surface area contributed by atoms with E-state index in [-0.39, 0.29) is 6.61 Å². The summed E-state index contributed by atoms with van der Waals surface area (Å²) in [6.45, 7) is 1.75. The fourth-order valence-corrected chi connectivity index (χ4v) is 1.37. The quantitative estimate of drug-likeness (QED) is 0.351. The van der Waals surface area contributed by atoms with E-state index in [1.807, 2.05) is 0 Å². The topological polar surface area (TPSA) is 148 Å². The second kappa shape index (κ2) is 6.14. The molecule has 1 fully saturated rings. The lowest BCUT2D eigenvalue weighted by atomic mass is 10.2. The molecule has 9 nitrogen and oxygen atoms in total. The van der Waals surface area contributed by atoms with Gasteiger partial charge >= 0.3 is 11.9 Å². The van der Waals surface area contributed by atoms with Crippen molar-refractivity contribution in [2.45, 2.75) is 31.6 Å². The first kappa shape index (κ1) is 14.9. The van der Waals surface area contributed by atoms with Gasteiger partial charge in [0, 0.05) is 0 Å². The normalized spacial score (nSPS) is 22.2. The molecule has 0 aromatic carbocycles. The molecule has 3 atom stereocenters. The van der Waals surface area contributed by atoms with Gasteiger partial charge in [-0.25, -0.2) is 9.59 Å². The smallest absolute Gasteiger partial charge is 0.338 e. The van der Waals surface area contributed by atoms with Crippen LogP contribution in [0, 0.1) is 0 Å². The van der Waals surface area contributed by atoms with Gasteiger partial charge in [-0.15, -0.1) is 0 Å². The van der Waals surface area contributed by atoms with Crippen molar-refractivity contribution in [1.82, 2.24) is 5.32 Å². The SMILES string of the molecule is CCOC(=O)C1OC1C(=O)N[C@@H](CC(N)=O)C(=O)O. The van der Waals surface area contributed by atoms with E-state index in [9.17, 15) is 19.2 Å². The van der Waals surface area contributed by atoms with Crippen molar-refractivity contribution in [2.75, 3.05) is 6.61 Å². The minimum Gasteiger partial charge on any atom is -0.480 e. The van der Waals surface area contributed by atoms with Crippen LogP contribution in [0.25, 0.3) is 0 Å². The third-order valence-corrected chi connectivity index (χ3v) is 2.29. The molecule has 9 heteroatoms. The Bertz CT molecular complexity index is 409. The number of primary amides is 1. The Morgan fingerprint density at radius 2 is 2.00 bits per heavy atom. The predicted molar refractivity (Wildman–Crippen MR) is 58.7 cm³/mol. The van der Waals surface area contributed by atoms with Gasteiger partial charge in [-0.2, -0.15) is 0 Å². The Hall–Kier alpha value is -2.16. The van der Waals surface area contributed by atoms with E-state index < -0.39 is 48.4 Å². The number of carbonyl (C=O) groups excluding carboxylic acids is 3. The Morgan fingerprint density at radius 3 is 2.47 bits per heavy atom. The van der Waals surface area contributed by atoms with Crippen molar-refractivity contribution in [1.29, 1.82) is 0 Å². The number of amides is 2. The van der Waals surface area contributed by atoms with E-state index in [1.54, 1.807) is 6.92 Å². The summed E-state index contributed by atoms with van der Waals surface area (Å²) in [6.07, 6.45) is -2.66. The number of epoxide rings is 1. The molecule has 0 aromatic heterocycles. The summed E-state index contributed by atoms with van der Waals surface area (Å²) in [6, 6.07) is -1.45. The summed E-state index contributed by atoms with van der Waals surface area (Å²) in [5.74, 6) is -3.76. The van der Waals surface area contributed by atoms with Gasteiger partial charge in [-0.05, 0) is 6.92 Å². The number of hydrogen-bond acceptors (Lipinski definition) is 6. The van der Waals surface area contributed by atoms with Crippen molar-refractivity contribution in [3.8, 4) is 0 Å².